The first-order valence-corrected chi connectivity index (χ1v) is 18.4. The molecule has 1 nitrogen and oxygen atoms in total. The molecule has 0 aliphatic heterocycles. The maximum absolute atomic E-state index is 5.91. The van der Waals surface area contributed by atoms with Crippen LogP contribution in [0, 0.1) is 35.5 Å². The van der Waals surface area contributed by atoms with Crippen molar-refractivity contribution in [3.8, 4) is 0 Å². The number of allylic oxidation sites excluding steroid dienone is 2. The zero-order valence-corrected chi connectivity index (χ0v) is 30.2. The monoisotopic (exact) mass is 575 g/mol. The molecule has 0 aromatic carbocycles. The van der Waals surface area contributed by atoms with Crippen molar-refractivity contribution in [3.63, 3.8) is 0 Å². The van der Waals surface area contributed by atoms with E-state index in [2.05, 4.69) is 81.4 Å². The summed E-state index contributed by atoms with van der Waals surface area (Å²) >= 11 is 0. The van der Waals surface area contributed by atoms with E-state index in [1.54, 1.807) is 0 Å². The Balaban J connectivity index is 3.78. The molecule has 4 unspecified atom stereocenters. The maximum Gasteiger partial charge on any atom is 0.0654 e. The van der Waals surface area contributed by atoms with Crippen molar-refractivity contribution >= 4 is 0 Å². The van der Waals surface area contributed by atoms with E-state index in [0.29, 0.717) is 0 Å². The van der Waals surface area contributed by atoms with Crippen molar-refractivity contribution in [3.05, 3.63) is 23.3 Å². The fourth-order valence-corrected chi connectivity index (χ4v) is 6.09. The van der Waals surface area contributed by atoms with Gasteiger partial charge in [0.05, 0.1) is 13.2 Å². The van der Waals surface area contributed by atoms with Gasteiger partial charge in [0.15, 0.2) is 0 Å². The van der Waals surface area contributed by atoms with Crippen LogP contribution in [0.3, 0.4) is 0 Å². The van der Waals surface area contributed by atoms with E-state index in [4.69, 9.17) is 4.74 Å². The van der Waals surface area contributed by atoms with Gasteiger partial charge >= 0.3 is 0 Å². The van der Waals surface area contributed by atoms with Crippen molar-refractivity contribution in [1.82, 2.24) is 0 Å². The first-order chi connectivity index (χ1) is 19.5. The van der Waals surface area contributed by atoms with Gasteiger partial charge in [0.1, 0.15) is 0 Å². The van der Waals surface area contributed by atoms with E-state index in [-0.39, 0.29) is 0 Å². The lowest BCUT2D eigenvalue weighted by Crippen LogP contribution is -2.00. The summed E-state index contributed by atoms with van der Waals surface area (Å²) in [6.07, 6.45) is 29.4. The summed E-state index contributed by atoms with van der Waals surface area (Å²) in [5.41, 5.74) is 2.99. The zero-order chi connectivity index (χ0) is 30.9. The molecule has 0 saturated carbocycles. The van der Waals surface area contributed by atoms with Gasteiger partial charge in [0, 0.05) is 0 Å². The summed E-state index contributed by atoms with van der Waals surface area (Å²) in [7, 11) is 0. The molecule has 41 heavy (non-hydrogen) atoms. The first kappa shape index (κ1) is 40.4. The lowest BCUT2D eigenvalue weighted by molar-refractivity contribution is 0.192. The largest absolute Gasteiger partial charge is 0.373 e. The third kappa shape index (κ3) is 29.3. The predicted molar refractivity (Wildman–Crippen MR) is 188 cm³/mol. The second-order valence-electron chi connectivity index (χ2n) is 15.4. The molecule has 0 spiro atoms. The average Bonchev–Trinajstić information content (AvgIpc) is 2.88. The number of ether oxygens (including phenoxy) is 1. The Morgan fingerprint density at radius 3 is 0.976 bits per heavy atom. The molecule has 0 fully saturated rings. The van der Waals surface area contributed by atoms with Gasteiger partial charge in [-0.3, -0.25) is 0 Å². The minimum atomic E-state index is 0.757. The summed E-state index contributed by atoms with van der Waals surface area (Å²) in [6.45, 7) is 25.3. The van der Waals surface area contributed by atoms with Crippen LogP contribution in [-0.2, 0) is 4.74 Å². The molecule has 4 atom stereocenters. The molecule has 0 amide bonds. The predicted octanol–water partition coefficient (Wildman–Crippen LogP) is 13.8. The summed E-state index contributed by atoms with van der Waals surface area (Å²) in [5, 5.41) is 0. The first-order valence-electron chi connectivity index (χ1n) is 18.4. The molecule has 1 heteroatoms. The maximum atomic E-state index is 5.91. The van der Waals surface area contributed by atoms with Crippen LogP contribution in [0.25, 0.3) is 0 Å². The van der Waals surface area contributed by atoms with Gasteiger partial charge in [0.2, 0.25) is 0 Å². The fraction of sp³-hybridized carbons (Fsp3) is 0.900. The third-order valence-corrected chi connectivity index (χ3v) is 9.38. The van der Waals surface area contributed by atoms with Crippen LogP contribution < -0.4 is 0 Å². The minimum Gasteiger partial charge on any atom is -0.373 e. The molecule has 0 N–H and O–H groups in total. The van der Waals surface area contributed by atoms with Crippen molar-refractivity contribution < 1.29 is 4.74 Å². The molecule has 0 aliphatic rings. The topological polar surface area (TPSA) is 9.23 Å². The quantitative estimate of drug-likeness (QED) is 0.0667. The fourth-order valence-electron chi connectivity index (χ4n) is 6.09. The highest BCUT2D eigenvalue weighted by Crippen LogP contribution is 2.23. The molecule has 0 radical (unpaired) electrons. The van der Waals surface area contributed by atoms with Gasteiger partial charge in [-0.05, 0) is 75.0 Å². The second kappa shape index (κ2) is 27.0. The Bertz CT molecular complexity index is 573. The van der Waals surface area contributed by atoms with E-state index < -0.39 is 0 Å². The van der Waals surface area contributed by atoms with Gasteiger partial charge in [-0.15, -0.1) is 0 Å². The molecule has 0 bridgehead atoms. The molecule has 0 aliphatic carbocycles. The SMILES string of the molecule is C/C(=C\COC/C=C(\C)CCCC(C)CCCC(C)CCCC(C)C)CCCC(C)CCCC(C)CCCC(C)C. The summed E-state index contributed by atoms with van der Waals surface area (Å²) in [4.78, 5) is 0. The standard InChI is InChI=1S/C40H78O/c1-33(2)17-11-19-35(5)21-13-23-37(7)25-15-27-39(9)29-31-41-32-30-40(10)28-16-26-38(8)24-14-22-36(6)20-12-18-34(3)4/h29-30,33-38H,11-28,31-32H2,1-10H3/b39-29+,40-30+. The minimum absolute atomic E-state index is 0.757. The smallest absolute Gasteiger partial charge is 0.0654 e. The summed E-state index contributed by atoms with van der Waals surface area (Å²) < 4.78 is 5.91. The molecule has 0 rings (SSSR count). The Morgan fingerprint density at radius 2 is 0.683 bits per heavy atom. The van der Waals surface area contributed by atoms with E-state index in [1.165, 1.54) is 127 Å². The van der Waals surface area contributed by atoms with Crippen LogP contribution in [0.5, 0.6) is 0 Å². The zero-order valence-electron chi connectivity index (χ0n) is 30.2. The van der Waals surface area contributed by atoms with Gasteiger partial charge in [-0.1, -0.05) is 169 Å². The molecule has 0 heterocycles. The van der Waals surface area contributed by atoms with Crippen LogP contribution in [0.15, 0.2) is 23.3 Å². The molecular formula is C40H78O. The van der Waals surface area contributed by atoms with Crippen molar-refractivity contribution in [2.75, 3.05) is 13.2 Å². The number of rotatable bonds is 28. The highest BCUT2D eigenvalue weighted by Gasteiger charge is 2.08. The Kier molecular flexibility index (Phi) is 26.7. The highest BCUT2D eigenvalue weighted by atomic mass is 16.5. The second-order valence-corrected chi connectivity index (χ2v) is 15.4. The highest BCUT2D eigenvalue weighted by molar-refractivity contribution is 5.00. The lowest BCUT2D eigenvalue weighted by Gasteiger charge is -2.15. The van der Waals surface area contributed by atoms with Crippen LogP contribution >= 0.6 is 0 Å². The average molecular weight is 575 g/mol. The molecular weight excluding hydrogens is 496 g/mol. The van der Waals surface area contributed by atoms with Crippen LogP contribution in [0.4, 0.5) is 0 Å². The van der Waals surface area contributed by atoms with Crippen molar-refractivity contribution in [1.29, 1.82) is 0 Å². The van der Waals surface area contributed by atoms with Crippen LogP contribution in [-0.4, -0.2) is 13.2 Å². The summed E-state index contributed by atoms with van der Waals surface area (Å²) in [5.74, 6) is 5.27. The van der Waals surface area contributed by atoms with Gasteiger partial charge in [0.25, 0.3) is 0 Å². The third-order valence-electron chi connectivity index (χ3n) is 9.38. The van der Waals surface area contributed by atoms with E-state index in [1.807, 2.05) is 0 Å². The molecule has 244 valence electrons. The van der Waals surface area contributed by atoms with E-state index in [9.17, 15) is 0 Å². The van der Waals surface area contributed by atoms with Crippen LogP contribution in [0.2, 0.25) is 0 Å². The van der Waals surface area contributed by atoms with E-state index >= 15 is 0 Å². The Hall–Kier alpha value is -0.560. The molecule has 0 aromatic heterocycles. The summed E-state index contributed by atoms with van der Waals surface area (Å²) in [6, 6.07) is 0. The van der Waals surface area contributed by atoms with Gasteiger partial charge < -0.3 is 4.74 Å². The molecule has 0 saturated heterocycles. The van der Waals surface area contributed by atoms with Crippen LogP contribution in [0.1, 0.15) is 185 Å². The number of hydrogen-bond donors (Lipinski definition) is 0. The van der Waals surface area contributed by atoms with Crippen molar-refractivity contribution in [2.24, 2.45) is 35.5 Å². The normalized spacial score (nSPS) is 16.0. The van der Waals surface area contributed by atoms with Gasteiger partial charge in [-0.25, -0.2) is 0 Å². The van der Waals surface area contributed by atoms with E-state index in [0.717, 1.165) is 48.7 Å². The lowest BCUT2D eigenvalue weighted by atomic mass is 9.91. The number of hydrogen-bond acceptors (Lipinski definition) is 1. The Labute approximate surface area is 261 Å². The molecule has 0 aromatic rings. The van der Waals surface area contributed by atoms with Crippen molar-refractivity contribution in [2.45, 2.75) is 185 Å². The Morgan fingerprint density at radius 1 is 0.415 bits per heavy atom. The van der Waals surface area contributed by atoms with Gasteiger partial charge in [-0.2, -0.15) is 0 Å².